The van der Waals surface area contributed by atoms with Crippen LogP contribution in [0.15, 0.2) is 84.4 Å². The van der Waals surface area contributed by atoms with E-state index >= 15 is 0 Å². The van der Waals surface area contributed by atoms with Crippen molar-refractivity contribution in [2.24, 2.45) is 0 Å². The molecule has 0 fully saturated rings. The minimum atomic E-state index is -0.461. The summed E-state index contributed by atoms with van der Waals surface area (Å²) in [5.74, 6) is -0.231. The summed E-state index contributed by atoms with van der Waals surface area (Å²) in [6, 6.07) is 20.6. The largest absolute Gasteiger partial charge is 0.276 e. The van der Waals surface area contributed by atoms with E-state index in [1.165, 1.54) is 12.1 Å². The van der Waals surface area contributed by atoms with E-state index in [0.717, 1.165) is 5.56 Å². The van der Waals surface area contributed by atoms with E-state index in [2.05, 4.69) is 0 Å². The molecular weight excluding hydrogens is 423 g/mol. The van der Waals surface area contributed by atoms with E-state index in [0.29, 0.717) is 32.6 Å². The number of anilines is 1. The second kappa shape index (κ2) is 8.14. The van der Waals surface area contributed by atoms with Crippen LogP contribution in [-0.2, 0) is 4.79 Å². The van der Waals surface area contributed by atoms with Gasteiger partial charge in [-0.15, -0.1) is 0 Å². The molecule has 1 amide bonds. The molecule has 0 unspecified atom stereocenters. The summed E-state index contributed by atoms with van der Waals surface area (Å²) in [4.78, 5) is 25.3. The second-order valence-electron chi connectivity index (χ2n) is 6.58. The van der Waals surface area contributed by atoms with Crippen LogP contribution in [0.1, 0.15) is 11.1 Å². The molecule has 5 nitrogen and oxygen atoms in total. The first-order valence-electron chi connectivity index (χ1n) is 8.97. The number of halogens is 2. The highest BCUT2D eigenvalue weighted by Gasteiger charge is 2.30. The van der Waals surface area contributed by atoms with Gasteiger partial charge in [0, 0.05) is 17.7 Å². The summed E-state index contributed by atoms with van der Waals surface area (Å²) >= 11 is 12.2. The Kier molecular flexibility index (Phi) is 5.40. The summed E-state index contributed by atoms with van der Waals surface area (Å²) < 4.78 is 0. The van der Waals surface area contributed by atoms with Crippen molar-refractivity contribution in [1.82, 2.24) is 0 Å². The van der Waals surface area contributed by atoms with Crippen molar-refractivity contribution in [3.63, 3.8) is 0 Å². The maximum atomic E-state index is 13.3. The molecule has 0 aromatic heterocycles. The van der Waals surface area contributed by atoms with Gasteiger partial charge in [0.15, 0.2) is 0 Å². The van der Waals surface area contributed by atoms with Gasteiger partial charge in [0.1, 0.15) is 0 Å². The fraction of sp³-hybridized carbons (Fsp3) is 0. The summed E-state index contributed by atoms with van der Waals surface area (Å²) in [5.41, 5.74) is 3.29. The van der Waals surface area contributed by atoms with E-state index in [1.807, 2.05) is 30.3 Å². The van der Waals surface area contributed by atoms with Gasteiger partial charge in [-0.3, -0.25) is 19.8 Å². The van der Waals surface area contributed by atoms with Crippen LogP contribution in [0.2, 0.25) is 10.0 Å². The van der Waals surface area contributed by atoms with Gasteiger partial charge in [0.2, 0.25) is 0 Å². The van der Waals surface area contributed by atoms with Crippen molar-refractivity contribution in [1.29, 1.82) is 0 Å². The SMILES string of the molecule is O=C1C(=Cc2ccc([N+](=O)[O-])cc2)C=C(c2ccccc2)N1c1ccc(Cl)c(Cl)c1. The molecule has 1 heterocycles. The predicted octanol–water partition coefficient (Wildman–Crippen LogP) is 6.37. The molecule has 4 rings (SSSR count). The molecule has 0 radical (unpaired) electrons. The molecule has 3 aromatic carbocycles. The maximum Gasteiger partial charge on any atom is 0.269 e. The first-order chi connectivity index (χ1) is 14.4. The van der Waals surface area contributed by atoms with Gasteiger partial charge < -0.3 is 0 Å². The molecule has 1 aliphatic rings. The number of carbonyl (C=O) groups excluding carboxylic acids is 1. The fourth-order valence-electron chi connectivity index (χ4n) is 3.19. The number of hydrogen-bond acceptors (Lipinski definition) is 3. The third kappa shape index (κ3) is 3.85. The molecule has 0 saturated carbocycles. The molecule has 30 heavy (non-hydrogen) atoms. The van der Waals surface area contributed by atoms with Crippen LogP contribution < -0.4 is 4.90 Å². The van der Waals surface area contributed by atoms with Crippen molar-refractivity contribution in [2.45, 2.75) is 0 Å². The van der Waals surface area contributed by atoms with E-state index in [1.54, 1.807) is 47.4 Å². The number of benzene rings is 3. The summed E-state index contributed by atoms with van der Waals surface area (Å²) in [6.45, 7) is 0. The van der Waals surface area contributed by atoms with Gasteiger partial charge in [-0.2, -0.15) is 0 Å². The Bertz CT molecular complexity index is 1200. The van der Waals surface area contributed by atoms with Gasteiger partial charge in [-0.05, 0) is 53.6 Å². The minimum absolute atomic E-state index is 0.00662. The minimum Gasteiger partial charge on any atom is -0.276 e. The summed E-state index contributed by atoms with van der Waals surface area (Å²) in [7, 11) is 0. The Morgan fingerprint density at radius 2 is 1.60 bits per heavy atom. The second-order valence-corrected chi connectivity index (χ2v) is 7.40. The number of hydrogen-bond donors (Lipinski definition) is 0. The van der Waals surface area contributed by atoms with Crippen LogP contribution >= 0.6 is 23.2 Å². The van der Waals surface area contributed by atoms with Gasteiger partial charge >= 0.3 is 0 Å². The number of carbonyl (C=O) groups is 1. The van der Waals surface area contributed by atoms with E-state index < -0.39 is 4.92 Å². The summed E-state index contributed by atoms with van der Waals surface area (Å²) in [6.07, 6.45) is 3.49. The monoisotopic (exact) mass is 436 g/mol. The Labute approximate surface area is 182 Å². The van der Waals surface area contributed by atoms with Crippen LogP contribution in [0.5, 0.6) is 0 Å². The lowest BCUT2D eigenvalue weighted by Gasteiger charge is -2.21. The average molecular weight is 437 g/mol. The predicted molar refractivity (Wildman–Crippen MR) is 119 cm³/mol. The standard InChI is InChI=1S/C23H14Cl2N2O3/c24-20-11-10-19(14-21(20)25)26-22(16-4-2-1-3-5-16)13-17(23(26)28)12-15-6-8-18(9-7-15)27(29)30/h1-14H. The third-order valence-electron chi connectivity index (χ3n) is 4.64. The lowest BCUT2D eigenvalue weighted by molar-refractivity contribution is -0.384. The molecule has 7 heteroatoms. The molecule has 3 aromatic rings. The summed E-state index contributed by atoms with van der Waals surface area (Å²) in [5, 5.41) is 11.6. The highest BCUT2D eigenvalue weighted by Crippen LogP contribution is 2.37. The first kappa shape index (κ1) is 19.9. The van der Waals surface area contributed by atoms with E-state index in [-0.39, 0.29) is 11.6 Å². The number of amides is 1. The van der Waals surface area contributed by atoms with E-state index in [9.17, 15) is 14.9 Å². The van der Waals surface area contributed by atoms with Crippen LogP contribution in [0.25, 0.3) is 11.8 Å². The Morgan fingerprint density at radius 3 is 2.23 bits per heavy atom. The normalized spacial score (nSPS) is 14.9. The van der Waals surface area contributed by atoms with Crippen molar-refractivity contribution in [2.75, 3.05) is 4.90 Å². The Morgan fingerprint density at radius 1 is 0.900 bits per heavy atom. The number of rotatable bonds is 4. The van der Waals surface area contributed by atoms with Gasteiger partial charge in [-0.25, -0.2) is 0 Å². The van der Waals surface area contributed by atoms with Crippen LogP contribution in [0.3, 0.4) is 0 Å². The zero-order valence-corrected chi connectivity index (χ0v) is 17.0. The van der Waals surface area contributed by atoms with Crippen molar-refractivity contribution >= 4 is 52.3 Å². The van der Waals surface area contributed by atoms with Gasteiger partial charge in [-0.1, -0.05) is 53.5 Å². The molecule has 0 spiro atoms. The smallest absolute Gasteiger partial charge is 0.269 e. The Balaban J connectivity index is 1.79. The quantitative estimate of drug-likeness (QED) is 0.271. The van der Waals surface area contributed by atoms with Gasteiger partial charge in [0.25, 0.3) is 11.6 Å². The molecule has 0 saturated heterocycles. The zero-order valence-electron chi connectivity index (χ0n) is 15.5. The Hall–Kier alpha value is -3.41. The third-order valence-corrected chi connectivity index (χ3v) is 5.38. The number of non-ortho nitro benzene ring substituents is 1. The van der Waals surface area contributed by atoms with Crippen LogP contribution in [0, 0.1) is 10.1 Å². The number of nitro benzene ring substituents is 1. The molecule has 1 aliphatic heterocycles. The lowest BCUT2D eigenvalue weighted by atomic mass is 10.1. The molecule has 0 atom stereocenters. The van der Waals surface area contributed by atoms with Crippen molar-refractivity contribution in [3.8, 4) is 0 Å². The highest BCUT2D eigenvalue weighted by atomic mass is 35.5. The first-order valence-corrected chi connectivity index (χ1v) is 9.72. The van der Waals surface area contributed by atoms with Crippen molar-refractivity contribution in [3.05, 3.63) is 116 Å². The molecule has 0 N–H and O–H groups in total. The number of nitrogens with zero attached hydrogens (tertiary/aromatic N) is 2. The molecule has 0 aliphatic carbocycles. The van der Waals surface area contributed by atoms with Crippen LogP contribution in [-0.4, -0.2) is 10.8 Å². The molecule has 0 bridgehead atoms. The fourth-order valence-corrected chi connectivity index (χ4v) is 3.48. The average Bonchev–Trinajstić information content (AvgIpc) is 3.07. The topological polar surface area (TPSA) is 63.4 Å². The van der Waals surface area contributed by atoms with Crippen molar-refractivity contribution < 1.29 is 9.72 Å². The maximum absolute atomic E-state index is 13.3. The van der Waals surface area contributed by atoms with Gasteiger partial charge in [0.05, 0.1) is 26.4 Å². The molecular formula is C23H14Cl2N2O3. The molecule has 148 valence electrons. The number of nitro groups is 1. The highest BCUT2D eigenvalue weighted by molar-refractivity contribution is 6.42. The zero-order chi connectivity index (χ0) is 21.3. The lowest BCUT2D eigenvalue weighted by Crippen LogP contribution is -2.24. The van der Waals surface area contributed by atoms with E-state index in [4.69, 9.17) is 23.2 Å². The van der Waals surface area contributed by atoms with Crippen LogP contribution in [0.4, 0.5) is 11.4 Å².